The van der Waals surface area contributed by atoms with Crippen molar-refractivity contribution in [3.8, 4) is 0 Å². The highest BCUT2D eigenvalue weighted by atomic mass is 79.9. The number of carbonyl (C=O) groups excluding carboxylic acids is 2. The van der Waals surface area contributed by atoms with E-state index >= 15 is 0 Å². The zero-order chi connectivity index (χ0) is 26.6. The van der Waals surface area contributed by atoms with Crippen molar-refractivity contribution < 1.29 is 18.0 Å². The number of amides is 2. The van der Waals surface area contributed by atoms with Crippen molar-refractivity contribution in [1.82, 2.24) is 10.2 Å². The molecular weight excluding hydrogens is 530 g/mol. The number of sulfonamides is 1. The molecule has 0 fully saturated rings. The van der Waals surface area contributed by atoms with Crippen LogP contribution in [0.15, 0.2) is 53.0 Å². The molecule has 1 atom stereocenters. The van der Waals surface area contributed by atoms with E-state index in [0.717, 1.165) is 26.2 Å². The summed E-state index contributed by atoms with van der Waals surface area (Å²) in [5.41, 5.74) is 1.80. The third kappa shape index (κ3) is 8.65. The minimum absolute atomic E-state index is 0.154. The molecule has 2 amide bonds. The minimum atomic E-state index is -3.76. The zero-order valence-electron chi connectivity index (χ0n) is 21.5. The van der Waals surface area contributed by atoms with Crippen molar-refractivity contribution >= 4 is 43.5 Å². The van der Waals surface area contributed by atoms with Crippen LogP contribution in [0.5, 0.6) is 0 Å². The van der Waals surface area contributed by atoms with Crippen molar-refractivity contribution in [2.24, 2.45) is 0 Å². The molecule has 0 saturated carbocycles. The topological polar surface area (TPSA) is 86.8 Å². The molecule has 0 aliphatic heterocycles. The minimum Gasteiger partial charge on any atom is -0.350 e. The summed E-state index contributed by atoms with van der Waals surface area (Å²) in [7, 11) is -3.76. The average molecular weight is 567 g/mol. The standard InChI is InChI=1S/C26H36BrN3O4S/c1-18(2)21-11-13-23(14-12-21)30(35(7,33)34)17-24(31)29(16-20-9-8-10-22(27)15-20)19(3)25(32)28-26(4,5)6/h8-15,18-19H,16-17H2,1-7H3,(H,28,32). The Morgan fingerprint density at radius 2 is 1.63 bits per heavy atom. The van der Waals surface area contributed by atoms with Gasteiger partial charge in [0.15, 0.2) is 0 Å². The highest BCUT2D eigenvalue weighted by Gasteiger charge is 2.31. The summed E-state index contributed by atoms with van der Waals surface area (Å²) in [6.45, 7) is 11.1. The molecule has 1 N–H and O–H groups in total. The van der Waals surface area contributed by atoms with E-state index in [9.17, 15) is 18.0 Å². The Kier molecular flexibility index (Phi) is 9.53. The van der Waals surface area contributed by atoms with Crippen LogP contribution in [0, 0.1) is 0 Å². The largest absolute Gasteiger partial charge is 0.350 e. The molecule has 0 aromatic heterocycles. The lowest BCUT2D eigenvalue weighted by atomic mass is 10.0. The fraction of sp³-hybridized carbons (Fsp3) is 0.462. The molecule has 0 bridgehead atoms. The lowest BCUT2D eigenvalue weighted by Gasteiger charge is -2.33. The van der Waals surface area contributed by atoms with Crippen LogP contribution in [0.4, 0.5) is 5.69 Å². The van der Waals surface area contributed by atoms with Crippen LogP contribution in [-0.4, -0.2) is 49.5 Å². The number of rotatable bonds is 9. The van der Waals surface area contributed by atoms with E-state index in [0.29, 0.717) is 11.6 Å². The molecule has 2 aromatic carbocycles. The van der Waals surface area contributed by atoms with Gasteiger partial charge in [-0.2, -0.15) is 0 Å². The van der Waals surface area contributed by atoms with Crippen LogP contribution in [0.3, 0.4) is 0 Å². The normalized spacial score (nSPS) is 12.8. The van der Waals surface area contributed by atoms with Crippen molar-refractivity contribution in [1.29, 1.82) is 0 Å². The van der Waals surface area contributed by atoms with Crippen molar-refractivity contribution in [2.45, 2.75) is 65.6 Å². The number of benzene rings is 2. The van der Waals surface area contributed by atoms with E-state index in [4.69, 9.17) is 0 Å². The second-order valence-electron chi connectivity index (χ2n) is 10.1. The third-order valence-corrected chi connectivity index (χ3v) is 7.07. The maximum Gasteiger partial charge on any atom is 0.244 e. The van der Waals surface area contributed by atoms with Crippen molar-refractivity contribution in [3.63, 3.8) is 0 Å². The molecule has 7 nitrogen and oxygen atoms in total. The van der Waals surface area contributed by atoms with Gasteiger partial charge in [-0.3, -0.25) is 13.9 Å². The summed E-state index contributed by atoms with van der Waals surface area (Å²) in [5, 5.41) is 2.91. The number of halogens is 1. The van der Waals surface area contributed by atoms with Gasteiger partial charge in [0.05, 0.1) is 11.9 Å². The van der Waals surface area contributed by atoms with Crippen LogP contribution >= 0.6 is 15.9 Å². The first-order valence-corrected chi connectivity index (χ1v) is 14.2. The predicted octanol–water partition coefficient (Wildman–Crippen LogP) is 4.67. The van der Waals surface area contributed by atoms with Crippen molar-refractivity contribution in [3.05, 3.63) is 64.1 Å². The summed E-state index contributed by atoms with van der Waals surface area (Å²) in [5.74, 6) is -0.492. The first-order chi connectivity index (χ1) is 16.1. The van der Waals surface area contributed by atoms with E-state index < -0.39 is 34.1 Å². The number of nitrogens with zero attached hydrogens (tertiary/aromatic N) is 2. The van der Waals surface area contributed by atoms with Gasteiger partial charge < -0.3 is 10.2 Å². The summed E-state index contributed by atoms with van der Waals surface area (Å²) >= 11 is 3.44. The molecule has 2 aromatic rings. The lowest BCUT2D eigenvalue weighted by Crippen LogP contribution is -2.54. The molecule has 0 aliphatic carbocycles. The molecule has 0 saturated heterocycles. The smallest absolute Gasteiger partial charge is 0.244 e. The third-order valence-electron chi connectivity index (χ3n) is 5.43. The van der Waals surface area contributed by atoms with Crippen LogP contribution < -0.4 is 9.62 Å². The number of carbonyl (C=O) groups is 2. The number of hydrogen-bond donors (Lipinski definition) is 1. The Morgan fingerprint density at radius 1 is 1.03 bits per heavy atom. The van der Waals surface area contributed by atoms with E-state index in [1.807, 2.05) is 57.2 Å². The Bertz CT molecular complexity index is 1140. The Balaban J connectivity index is 2.40. The second-order valence-corrected chi connectivity index (χ2v) is 12.9. The fourth-order valence-corrected chi connectivity index (χ4v) is 4.82. The lowest BCUT2D eigenvalue weighted by molar-refractivity contribution is -0.140. The second kappa shape index (κ2) is 11.6. The van der Waals surface area contributed by atoms with Crippen LogP contribution in [0.2, 0.25) is 0 Å². The van der Waals surface area contributed by atoms with Crippen molar-refractivity contribution in [2.75, 3.05) is 17.1 Å². The monoisotopic (exact) mass is 565 g/mol. The highest BCUT2D eigenvalue weighted by molar-refractivity contribution is 9.10. The molecule has 192 valence electrons. The summed E-state index contributed by atoms with van der Waals surface area (Å²) in [6, 6.07) is 13.8. The first kappa shape index (κ1) is 28.8. The van der Waals surface area contributed by atoms with Gasteiger partial charge in [-0.15, -0.1) is 0 Å². The predicted molar refractivity (Wildman–Crippen MR) is 145 cm³/mol. The maximum absolute atomic E-state index is 13.6. The molecule has 2 rings (SSSR count). The molecule has 0 aliphatic rings. The Hall–Kier alpha value is -2.39. The summed E-state index contributed by atoms with van der Waals surface area (Å²) in [4.78, 5) is 28.0. The SMILES string of the molecule is CC(C)c1ccc(N(CC(=O)N(Cc2cccc(Br)c2)C(C)C(=O)NC(C)(C)C)S(C)(=O)=O)cc1. The van der Waals surface area contributed by atoms with Gasteiger partial charge in [0.25, 0.3) is 0 Å². The number of hydrogen-bond acceptors (Lipinski definition) is 4. The van der Waals surface area contributed by atoms with Gasteiger partial charge in [0.2, 0.25) is 21.8 Å². The zero-order valence-corrected chi connectivity index (χ0v) is 23.9. The average Bonchev–Trinajstić information content (AvgIpc) is 2.73. The first-order valence-electron chi connectivity index (χ1n) is 11.5. The van der Waals surface area contributed by atoms with Gasteiger partial charge in [-0.1, -0.05) is 54.0 Å². The van der Waals surface area contributed by atoms with E-state index in [-0.39, 0.29) is 12.5 Å². The Morgan fingerprint density at radius 3 is 2.11 bits per heavy atom. The van der Waals surface area contributed by atoms with Gasteiger partial charge in [-0.25, -0.2) is 8.42 Å². The van der Waals surface area contributed by atoms with E-state index in [1.54, 1.807) is 19.1 Å². The van der Waals surface area contributed by atoms with Gasteiger partial charge >= 0.3 is 0 Å². The summed E-state index contributed by atoms with van der Waals surface area (Å²) in [6.07, 6.45) is 1.07. The molecule has 35 heavy (non-hydrogen) atoms. The van der Waals surface area contributed by atoms with Gasteiger partial charge in [0, 0.05) is 16.6 Å². The molecule has 0 spiro atoms. The number of nitrogens with one attached hydrogen (secondary N) is 1. The molecular formula is C26H36BrN3O4S. The molecule has 9 heteroatoms. The molecule has 0 radical (unpaired) electrons. The van der Waals surface area contributed by atoms with Crippen LogP contribution in [0.25, 0.3) is 0 Å². The quantitative estimate of drug-likeness (QED) is 0.478. The van der Waals surface area contributed by atoms with Crippen LogP contribution in [0.1, 0.15) is 58.6 Å². The molecule has 0 heterocycles. The van der Waals surface area contributed by atoms with E-state index in [1.165, 1.54) is 4.90 Å². The molecule has 1 unspecified atom stereocenters. The maximum atomic E-state index is 13.6. The summed E-state index contributed by atoms with van der Waals surface area (Å²) < 4.78 is 27.3. The van der Waals surface area contributed by atoms with Gasteiger partial charge in [-0.05, 0) is 69.0 Å². The van der Waals surface area contributed by atoms with Gasteiger partial charge in [0.1, 0.15) is 12.6 Å². The Labute approximate surface area is 218 Å². The number of anilines is 1. The highest BCUT2D eigenvalue weighted by Crippen LogP contribution is 2.23. The van der Waals surface area contributed by atoms with E-state index in [2.05, 4.69) is 35.1 Å². The fourth-order valence-electron chi connectivity index (χ4n) is 3.53. The van der Waals surface area contributed by atoms with Crippen LogP contribution in [-0.2, 0) is 26.2 Å².